The summed E-state index contributed by atoms with van der Waals surface area (Å²) < 4.78 is 13.4. The van der Waals surface area contributed by atoms with Crippen LogP contribution in [0.15, 0.2) is 18.5 Å². The Labute approximate surface area is 116 Å². The van der Waals surface area contributed by atoms with E-state index in [2.05, 4.69) is 22.2 Å². The first-order valence-electron chi connectivity index (χ1n) is 6.39. The first-order chi connectivity index (χ1) is 9.11. The molecule has 0 saturated heterocycles. The van der Waals surface area contributed by atoms with Gasteiger partial charge in [-0.05, 0) is 38.4 Å². The van der Waals surface area contributed by atoms with Gasteiger partial charge in [-0.1, -0.05) is 6.92 Å². The molecule has 2 aromatic rings. The smallest absolute Gasteiger partial charge is 0.141 e. The number of aromatic nitrogens is 2. The highest BCUT2D eigenvalue weighted by Crippen LogP contribution is 2.29. The summed E-state index contributed by atoms with van der Waals surface area (Å²) in [5, 5.41) is 4.48. The van der Waals surface area contributed by atoms with Gasteiger partial charge in [0.25, 0.3) is 0 Å². The fourth-order valence-electron chi connectivity index (χ4n) is 2.05. The molecule has 5 heteroatoms. The lowest BCUT2D eigenvalue weighted by atomic mass is 10.1. The van der Waals surface area contributed by atoms with E-state index in [4.69, 9.17) is 0 Å². The Hall–Kier alpha value is -1.33. The molecular weight excluding hydrogens is 261 g/mol. The van der Waals surface area contributed by atoms with Gasteiger partial charge in [0.1, 0.15) is 5.82 Å². The normalized spacial score (nSPS) is 12.6. The van der Waals surface area contributed by atoms with Gasteiger partial charge < -0.3 is 5.32 Å². The third kappa shape index (κ3) is 3.36. The van der Waals surface area contributed by atoms with Gasteiger partial charge in [-0.2, -0.15) is 0 Å². The monoisotopic (exact) mass is 279 g/mol. The van der Waals surface area contributed by atoms with Crippen LogP contribution in [0.5, 0.6) is 0 Å². The Bertz CT molecular complexity index is 553. The Balaban J connectivity index is 2.38. The van der Waals surface area contributed by atoms with Crippen LogP contribution in [0.1, 0.15) is 40.5 Å². The van der Waals surface area contributed by atoms with E-state index >= 15 is 0 Å². The summed E-state index contributed by atoms with van der Waals surface area (Å²) in [6, 6.07) is 1.50. The number of pyridine rings is 1. The summed E-state index contributed by atoms with van der Waals surface area (Å²) in [5.74, 6) is -0.306. The molecule has 0 aliphatic rings. The summed E-state index contributed by atoms with van der Waals surface area (Å²) in [4.78, 5) is 9.53. The minimum atomic E-state index is -0.306. The number of rotatable bonds is 5. The van der Waals surface area contributed by atoms with Crippen molar-refractivity contribution in [2.24, 2.45) is 0 Å². The maximum absolute atomic E-state index is 13.4. The first-order valence-corrected chi connectivity index (χ1v) is 7.21. The van der Waals surface area contributed by atoms with Crippen molar-refractivity contribution in [3.63, 3.8) is 0 Å². The molecule has 102 valence electrons. The summed E-state index contributed by atoms with van der Waals surface area (Å²) in [6.07, 6.45) is 3.96. The van der Waals surface area contributed by atoms with Crippen LogP contribution in [-0.4, -0.2) is 16.5 Å². The molecule has 1 atom stereocenters. The average molecular weight is 279 g/mol. The summed E-state index contributed by atoms with van der Waals surface area (Å²) in [5.41, 5.74) is 1.85. The molecule has 2 heterocycles. The highest BCUT2D eigenvalue weighted by atomic mass is 32.1. The number of halogens is 1. The van der Waals surface area contributed by atoms with E-state index < -0.39 is 0 Å². The zero-order valence-corrected chi connectivity index (χ0v) is 12.2. The van der Waals surface area contributed by atoms with Crippen LogP contribution in [0.3, 0.4) is 0 Å². The van der Waals surface area contributed by atoms with Gasteiger partial charge in [-0.25, -0.2) is 9.37 Å². The van der Waals surface area contributed by atoms with Crippen LogP contribution in [0.25, 0.3) is 0 Å². The summed E-state index contributed by atoms with van der Waals surface area (Å²) in [6.45, 7) is 6.96. The number of aryl methyl sites for hydroxylation is 2. The van der Waals surface area contributed by atoms with Crippen LogP contribution in [0.2, 0.25) is 0 Å². The molecule has 0 aromatic carbocycles. The molecular formula is C14H18FN3S. The number of nitrogens with one attached hydrogen (secondary N) is 1. The van der Waals surface area contributed by atoms with E-state index in [1.165, 1.54) is 12.3 Å². The molecule has 0 amide bonds. The quantitative estimate of drug-likeness (QED) is 0.911. The van der Waals surface area contributed by atoms with Crippen LogP contribution < -0.4 is 5.32 Å². The number of hydrogen-bond donors (Lipinski definition) is 1. The second-order valence-corrected chi connectivity index (χ2v) is 5.74. The molecule has 2 aromatic heterocycles. The molecule has 1 unspecified atom stereocenters. The van der Waals surface area contributed by atoms with Crippen molar-refractivity contribution in [2.75, 3.05) is 6.54 Å². The third-order valence-corrected chi connectivity index (χ3v) is 4.00. The molecule has 2 rings (SSSR count). The number of thiazole rings is 1. The van der Waals surface area contributed by atoms with Gasteiger partial charge in [0.15, 0.2) is 0 Å². The van der Waals surface area contributed by atoms with E-state index in [0.29, 0.717) is 0 Å². The van der Waals surface area contributed by atoms with Crippen molar-refractivity contribution >= 4 is 11.3 Å². The van der Waals surface area contributed by atoms with E-state index in [1.807, 2.05) is 13.8 Å². The zero-order chi connectivity index (χ0) is 13.8. The van der Waals surface area contributed by atoms with Gasteiger partial charge in [-0.15, -0.1) is 11.3 Å². The first kappa shape index (κ1) is 14.1. The fourth-order valence-corrected chi connectivity index (χ4v) is 3.08. The lowest BCUT2D eigenvalue weighted by Gasteiger charge is -2.18. The second kappa shape index (κ2) is 6.21. The van der Waals surface area contributed by atoms with Crippen molar-refractivity contribution in [2.45, 2.75) is 33.2 Å². The highest BCUT2D eigenvalue weighted by Gasteiger charge is 2.19. The average Bonchev–Trinajstić information content (AvgIpc) is 2.69. The number of nitrogens with zero attached hydrogens (tertiary/aromatic N) is 2. The Morgan fingerprint density at radius 3 is 2.74 bits per heavy atom. The molecule has 0 saturated carbocycles. The van der Waals surface area contributed by atoms with Gasteiger partial charge >= 0.3 is 0 Å². The maximum Gasteiger partial charge on any atom is 0.141 e. The molecule has 0 aliphatic heterocycles. The van der Waals surface area contributed by atoms with E-state index in [0.717, 1.165) is 34.1 Å². The van der Waals surface area contributed by atoms with Crippen molar-refractivity contribution in [3.05, 3.63) is 45.4 Å². The molecule has 0 spiro atoms. The zero-order valence-electron chi connectivity index (χ0n) is 11.4. The minimum Gasteiger partial charge on any atom is -0.305 e. The highest BCUT2D eigenvalue weighted by molar-refractivity contribution is 7.11. The van der Waals surface area contributed by atoms with Gasteiger partial charge in [0.05, 0.1) is 22.9 Å². The van der Waals surface area contributed by atoms with Crippen LogP contribution >= 0.6 is 11.3 Å². The summed E-state index contributed by atoms with van der Waals surface area (Å²) >= 11 is 1.65. The van der Waals surface area contributed by atoms with Gasteiger partial charge in [0, 0.05) is 11.1 Å². The Morgan fingerprint density at radius 1 is 1.37 bits per heavy atom. The summed E-state index contributed by atoms with van der Waals surface area (Å²) in [7, 11) is 0. The largest absolute Gasteiger partial charge is 0.305 e. The maximum atomic E-state index is 13.4. The molecule has 19 heavy (non-hydrogen) atoms. The lowest BCUT2D eigenvalue weighted by molar-refractivity contribution is 0.583. The second-order valence-electron chi connectivity index (χ2n) is 4.51. The number of hydrogen-bond acceptors (Lipinski definition) is 4. The van der Waals surface area contributed by atoms with Gasteiger partial charge in [-0.3, -0.25) is 4.98 Å². The predicted molar refractivity (Wildman–Crippen MR) is 75.9 cm³/mol. The SMILES string of the molecule is CCCNC(c1cncc(F)c1)c1sc(C)nc1C. The fraction of sp³-hybridized carbons (Fsp3) is 0.429. The molecule has 3 nitrogen and oxygen atoms in total. The molecule has 0 aliphatic carbocycles. The lowest BCUT2D eigenvalue weighted by Crippen LogP contribution is -2.23. The van der Waals surface area contributed by atoms with Gasteiger partial charge in [0.2, 0.25) is 0 Å². The third-order valence-electron chi connectivity index (χ3n) is 2.86. The standard InChI is InChI=1S/C14H18FN3S/c1-4-5-17-13(11-6-12(15)8-16-7-11)14-9(2)18-10(3)19-14/h6-8,13,17H,4-5H2,1-3H3. The predicted octanol–water partition coefficient (Wildman–Crippen LogP) is 3.38. The minimum absolute atomic E-state index is 0.0330. The van der Waals surface area contributed by atoms with Crippen molar-refractivity contribution in [1.29, 1.82) is 0 Å². The van der Waals surface area contributed by atoms with Crippen molar-refractivity contribution < 1.29 is 4.39 Å². The van der Waals surface area contributed by atoms with Crippen LogP contribution in [0.4, 0.5) is 4.39 Å². The topological polar surface area (TPSA) is 37.8 Å². The molecule has 0 fully saturated rings. The van der Waals surface area contributed by atoms with Crippen LogP contribution in [-0.2, 0) is 0 Å². The van der Waals surface area contributed by atoms with E-state index in [-0.39, 0.29) is 11.9 Å². The van der Waals surface area contributed by atoms with E-state index in [9.17, 15) is 4.39 Å². The Morgan fingerprint density at radius 2 is 2.16 bits per heavy atom. The van der Waals surface area contributed by atoms with E-state index in [1.54, 1.807) is 17.5 Å². The molecule has 0 bridgehead atoms. The molecule has 1 N–H and O–H groups in total. The Kier molecular flexibility index (Phi) is 4.61. The van der Waals surface area contributed by atoms with Crippen LogP contribution in [0, 0.1) is 19.7 Å². The molecule has 0 radical (unpaired) electrons. The van der Waals surface area contributed by atoms with Crippen molar-refractivity contribution in [1.82, 2.24) is 15.3 Å². The van der Waals surface area contributed by atoms with Crippen molar-refractivity contribution in [3.8, 4) is 0 Å².